The van der Waals surface area contributed by atoms with Crippen molar-refractivity contribution in [3.63, 3.8) is 0 Å². The maximum atomic E-state index is 11.2. The van der Waals surface area contributed by atoms with Crippen molar-refractivity contribution in [1.82, 2.24) is 5.32 Å². The molecule has 1 rings (SSSR count). The molecule has 0 atom stereocenters. The fraction of sp³-hybridized carbons (Fsp3) is 0.900. The Hall–Kier alpha value is -0.530. The van der Waals surface area contributed by atoms with Gasteiger partial charge in [0.15, 0.2) is 0 Å². The Kier molecular flexibility index (Phi) is 4.12. The summed E-state index contributed by atoms with van der Waals surface area (Å²) in [6.45, 7) is 2.92. The first-order valence-corrected chi connectivity index (χ1v) is 5.09. The quantitative estimate of drug-likeness (QED) is 0.686. The minimum absolute atomic E-state index is 0.253. The minimum Gasteiger partial charge on any atom is -0.356 e. The number of amides is 1. The van der Waals surface area contributed by atoms with Crippen molar-refractivity contribution in [3.05, 3.63) is 0 Å². The highest BCUT2D eigenvalue weighted by atomic mass is 16.1. The van der Waals surface area contributed by atoms with Gasteiger partial charge in [-0.2, -0.15) is 0 Å². The number of carbonyl (C=O) groups excluding carboxylic acids is 1. The Morgan fingerprint density at radius 3 is 2.67 bits per heavy atom. The largest absolute Gasteiger partial charge is 0.356 e. The van der Waals surface area contributed by atoms with Gasteiger partial charge in [0.1, 0.15) is 0 Å². The summed E-state index contributed by atoms with van der Waals surface area (Å²) in [5.41, 5.74) is 0. The van der Waals surface area contributed by atoms with Crippen LogP contribution in [0.1, 0.15) is 45.4 Å². The molecule has 1 aliphatic rings. The highest BCUT2D eigenvalue weighted by Crippen LogP contribution is 2.27. The highest BCUT2D eigenvalue weighted by Gasteiger charge is 2.17. The zero-order chi connectivity index (χ0) is 8.81. The summed E-state index contributed by atoms with van der Waals surface area (Å²) in [6, 6.07) is 0. The van der Waals surface area contributed by atoms with Crippen LogP contribution in [0.15, 0.2) is 0 Å². The van der Waals surface area contributed by atoms with Gasteiger partial charge in [0.25, 0.3) is 0 Å². The first-order valence-electron chi connectivity index (χ1n) is 5.09. The van der Waals surface area contributed by atoms with E-state index in [1.54, 1.807) is 0 Å². The van der Waals surface area contributed by atoms with Gasteiger partial charge in [-0.3, -0.25) is 4.79 Å². The molecule has 1 N–H and O–H groups in total. The fourth-order valence-electron chi connectivity index (χ4n) is 1.81. The van der Waals surface area contributed by atoms with Crippen LogP contribution < -0.4 is 5.32 Å². The topological polar surface area (TPSA) is 29.1 Å². The summed E-state index contributed by atoms with van der Waals surface area (Å²) in [5, 5.41) is 2.92. The van der Waals surface area contributed by atoms with E-state index >= 15 is 0 Å². The van der Waals surface area contributed by atoms with Crippen molar-refractivity contribution >= 4 is 5.91 Å². The Morgan fingerprint density at radius 2 is 2.08 bits per heavy atom. The Bertz CT molecular complexity index is 139. The molecule has 1 aliphatic carbocycles. The van der Waals surface area contributed by atoms with E-state index in [1.807, 2.05) is 0 Å². The maximum Gasteiger partial charge on any atom is 0.220 e. The summed E-state index contributed by atoms with van der Waals surface area (Å²) in [4.78, 5) is 11.2. The van der Waals surface area contributed by atoms with Crippen LogP contribution in [0.5, 0.6) is 0 Å². The van der Waals surface area contributed by atoms with Crippen LogP contribution in [0, 0.1) is 5.92 Å². The molecular formula is C10H19NO. The van der Waals surface area contributed by atoms with Gasteiger partial charge in [-0.1, -0.05) is 19.8 Å². The third-order valence-corrected chi connectivity index (χ3v) is 2.52. The molecule has 12 heavy (non-hydrogen) atoms. The summed E-state index contributed by atoms with van der Waals surface area (Å²) in [6.07, 6.45) is 6.98. The van der Waals surface area contributed by atoms with Gasteiger partial charge in [-0.15, -0.1) is 0 Å². The van der Waals surface area contributed by atoms with Crippen molar-refractivity contribution in [1.29, 1.82) is 0 Å². The smallest absolute Gasteiger partial charge is 0.220 e. The van der Waals surface area contributed by atoms with Crippen LogP contribution in [0.3, 0.4) is 0 Å². The SMILES string of the molecule is CCCNC(=O)CC1CCCC1. The predicted octanol–water partition coefficient (Wildman–Crippen LogP) is 2.09. The first kappa shape index (κ1) is 9.56. The number of rotatable bonds is 4. The van der Waals surface area contributed by atoms with E-state index in [-0.39, 0.29) is 5.91 Å². The van der Waals surface area contributed by atoms with Crippen LogP contribution in [0.4, 0.5) is 0 Å². The molecule has 1 saturated carbocycles. The van der Waals surface area contributed by atoms with Crippen molar-refractivity contribution in [2.75, 3.05) is 6.54 Å². The molecule has 0 radical (unpaired) electrons. The Balaban J connectivity index is 2.08. The number of nitrogens with one attached hydrogen (secondary N) is 1. The maximum absolute atomic E-state index is 11.2. The van der Waals surface area contributed by atoms with Crippen molar-refractivity contribution in [2.24, 2.45) is 5.92 Å². The molecule has 0 aromatic heterocycles. The lowest BCUT2D eigenvalue weighted by molar-refractivity contribution is -0.121. The van der Waals surface area contributed by atoms with E-state index in [2.05, 4.69) is 12.2 Å². The predicted molar refractivity (Wildman–Crippen MR) is 49.9 cm³/mol. The Labute approximate surface area is 74.7 Å². The van der Waals surface area contributed by atoms with E-state index in [0.717, 1.165) is 19.4 Å². The van der Waals surface area contributed by atoms with E-state index in [4.69, 9.17) is 0 Å². The van der Waals surface area contributed by atoms with Crippen molar-refractivity contribution < 1.29 is 4.79 Å². The lowest BCUT2D eigenvalue weighted by Crippen LogP contribution is -2.25. The third-order valence-electron chi connectivity index (χ3n) is 2.52. The van der Waals surface area contributed by atoms with Gasteiger partial charge in [-0.25, -0.2) is 0 Å². The van der Waals surface area contributed by atoms with E-state index < -0.39 is 0 Å². The van der Waals surface area contributed by atoms with Gasteiger partial charge < -0.3 is 5.32 Å². The van der Waals surface area contributed by atoms with Crippen molar-refractivity contribution in [2.45, 2.75) is 45.4 Å². The summed E-state index contributed by atoms with van der Waals surface area (Å²) < 4.78 is 0. The summed E-state index contributed by atoms with van der Waals surface area (Å²) in [7, 11) is 0. The van der Waals surface area contributed by atoms with Gasteiger partial charge in [0.05, 0.1) is 0 Å². The molecule has 0 aliphatic heterocycles. The molecule has 0 aromatic rings. The normalized spacial score (nSPS) is 18.1. The second-order valence-corrected chi connectivity index (χ2v) is 3.70. The molecule has 0 bridgehead atoms. The molecular weight excluding hydrogens is 150 g/mol. The standard InChI is InChI=1S/C10H19NO/c1-2-7-11-10(12)8-9-5-3-4-6-9/h9H,2-8H2,1H3,(H,11,12). The molecule has 70 valence electrons. The molecule has 1 amide bonds. The second kappa shape index (κ2) is 5.18. The van der Waals surface area contributed by atoms with E-state index in [0.29, 0.717) is 5.92 Å². The molecule has 0 unspecified atom stereocenters. The van der Waals surface area contributed by atoms with Crippen molar-refractivity contribution in [3.8, 4) is 0 Å². The van der Waals surface area contributed by atoms with Gasteiger partial charge in [0.2, 0.25) is 5.91 Å². The average molecular weight is 169 g/mol. The van der Waals surface area contributed by atoms with Crippen LogP contribution in [0.25, 0.3) is 0 Å². The van der Waals surface area contributed by atoms with Gasteiger partial charge in [-0.05, 0) is 25.2 Å². The highest BCUT2D eigenvalue weighted by molar-refractivity contribution is 5.76. The molecule has 0 aromatic carbocycles. The zero-order valence-corrected chi connectivity index (χ0v) is 7.94. The lowest BCUT2D eigenvalue weighted by Gasteiger charge is -2.08. The lowest BCUT2D eigenvalue weighted by atomic mass is 10.0. The van der Waals surface area contributed by atoms with E-state index in [9.17, 15) is 4.79 Å². The Morgan fingerprint density at radius 1 is 1.42 bits per heavy atom. The molecule has 0 saturated heterocycles. The van der Waals surface area contributed by atoms with Crippen LogP contribution in [0.2, 0.25) is 0 Å². The third kappa shape index (κ3) is 3.24. The monoisotopic (exact) mass is 169 g/mol. The molecule has 0 heterocycles. The number of carbonyl (C=O) groups is 1. The van der Waals surface area contributed by atoms with Crippen LogP contribution >= 0.6 is 0 Å². The number of hydrogen-bond donors (Lipinski definition) is 1. The zero-order valence-electron chi connectivity index (χ0n) is 7.94. The van der Waals surface area contributed by atoms with Crippen LogP contribution in [-0.4, -0.2) is 12.5 Å². The fourth-order valence-corrected chi connectivity index (χ4v) is 1.81. The average Bonchev–Trinajstić information content (AvgIpc) is 2.53. The first-order chi connectivity index (χ1) is 5.83. The van der Waals surface area contributed by atoms with E-state index in [1.165, 1.54) is 25.7 Å². The van der Waals surface area contributed by atoms with Gasteiger partial charge in [0, 0.05) is 13.0 Å². The molecule has 0 spiro atoms. The van der Waals surface area contributed by atoms with Gasteiger partial charge >= 0.3 is 0 Å². The van der Waals surface area contributed by atoms with Crippen LogP contribution in [-0.2, 0) is 4.79 Å². The number of hydrogen-bond acceptors (Lipinski definition) is 1. The summed E-state index contributed by atoms with van der Waals surface area (Å²) in [5.74, 6) is 0.936. The minimum atomic E-state index is 0.253. The second-order valence-electron chi connectivity index (χ2n) is 3.70. The molecule has 1 fully saturated rings. The molecule has 2 nitrogen and oxygen atoms in total. The summed E-state index contributed by atoms with van der Waals surface area (Å²) >= 11 is 0. The molecule has 2 heteroatoms.